The largest absolute Gasteiger partial charge is 0.260 e. The van der Waals surface area contributed by atoms with Crippen LogP contribution < -0.4 is 0 Å². The van der Waals surface area contributed by atoms with Crippen LogP contribution in [0.4, 0.5) is 0 Å². The smallest absolute Gasteiger partial charge is 0.0621 e. The molecule has 2 heterocycles. The van der Waals surface area contributed by atoms with Crippen LogP contribution in [0.5, 0.6) is 0 Å². The monoisotopic (exact) mass is 321 g/mol. The van der Waals surface area contributed by atoms with Gasteiger partial charge in [-0.1, -0.05) is 33.8 Å². The molecule has 3 nitrogen and oxygen atoms in total. The maximum atomic E-state index is 4.80. The van der Waals surface area contributed by atoms with Crippen molar-refractivity contribution in [1.82, 2.24) is 15.0 Å². The molecule has 2 fully saturated rings. The van der Waals surface area contributed by atoms with E-state index in [-0.39, 0.29) is 5.41 Å². The van der Waals surface area contributed by atoms with Crippen molar-refractivity contribution in [1.29, 1.82) is 0 Å². The van der Waals surface area contributed by atoms with E-state index in [0.717, 1.165) is 17.3 Å². The van der Waals surface area contributed by atoms with Gasteiger partial charge in [-0.25, -0.2) is 0 Å². The Morgan fingerprint density at radius 3 is 2.33 bits per heavy atom. The predicted octanol–water partition coefficient (Wildman–Crippen LogP) is 4.95. The summed E-state index contributed by atoms with van der Waals surface area (Å²) in [5.41, 5.74) is 4.94. The Bertz CT molecular complexity index is 712. The van der Waals surface area contributed by atoms with Gasteiger partial charge in [0.1, 0.15) is 0 Å². The summed E-state index contributed by atoms with van der Waals surface area (Å²) in [6.07, 6.45) is 9.89. The number of rotatable bonds is 5. The van der Waals surface area contributed by atoms with Crippen molar-refractivity contribution >= 4 is 0 Å². The van der Waals surface area contributed by atoms with Gasteiger partial charge in [0.25, 0.3) is 0 Å². The molecular weight excluding hydrogens is 294 g/mol. The molecule has 3 heteroatoms. The fourth-order valence-electron chi connectivity index (χ4n) is 3.79. The van der Waals surface area contributed by atoms with E-state index in [2.05, 4.69) is 56.0 Å². The molecule has 0 N–H and O–H groups in total. The molecule has 0 aliphatic heterocycles. The zero-order valence-corrected chi connectivity index (χ0v) is 15.2. The highest BCUT2D eigenvalue weighted by Gasteiger charge is 2.50. The molecule has 4 rings (SSSR count). The van der Waals surface area contributed by atoms with Crippen LogP contribution >= 0.6 is 0 Å². The molecule has 0 spiro atoms. The minimum Gasteiger partial charge on any atom is -0.260 e. The molecule has 2 saturated carbocycles. The lowest BCUT2D eigenvalue weighted by Gasteiger charge is -2.25. The number of aromatic nitrogens is 3. The molecule has 2 aromatic heterocycles. The van der Waals surface area contributed by atoms with Gasteiger partial charge in [0.2, 0.25) is 0 Å². The lowest BCUT2D eigenvalue weighted by molar-refractivity contribution is 0.429. The Morgan fingerprint density at radius 1 is 1.00 bits per heavy atom. The number of hydrogen-bond acceptors (Lipinski definition) is 3. The van der Waals surface area contributed by atoms with E-state index in [4.69, 9.17) is 4.98 Å². The molecule has 2 aromatic rings. The summed E-state index contributed by atoms with van der Waals surface area (Å²) in [5, 5.41) is 0. The van der Waals surface area contributed by atoms with Gasteiger partial charge in [-0.05, 0) is 48.6 Å². The molecule has 2 aliphatic rings. The van der Waals surface area contributed by atoms with Crippen molar-refractivity contribution in [3.05, 3.63) is 53.4 Å². The van der Waals surface area contributed by atoms with Crippen molar-refractivity contribution in [2.24, 2.45) is 5.92 Å². The molecule has 0 aromatic carbocycles. The quantitative estimate of drug-likeness (QED) is 0.782. The Labute approximate surface area is 145 Å². The van der Waals surface area contributed by atoms with E-state index in [1.165, 1.54) is 30.5 Å². The summed E-state index contributed by atoms with van der Waals surface area (Å²) in [6.45, 7) is 8.97. The van der Waals surface area contributed by atoms with E-state index < -0.39 is 0 Å². The Morgan fingerprint density at radius 2 is 1.79 bits per heavy atom. The van der Waals surface area contributed by atoms with Gasteiger partial charge in [-0.15, -0.1) is 0 Å². The van der Waals surface area contributed by atoms with Gasteiger partial charge in [-0.2, -0.15) is 0 Å². The second-order valence-electron chi connectivity index (χ2n) is 8.44. The summed E-state index contributed by atoms with van der Waals surface area (Å²) in [4.78, 5) is 14.1. The first-order valence-electron chi connectivity index (χ1n) is 9.25. The van der Waals surface area contributed by atoms with Crippen LogP contribution in [0.15, 0.2) is 30.7 Å². The maximum Gasteiger partial charge on any atom is 0.0621 e. The summed E-state index contributed by atoms with van der Waals surface area (Å²) >= 11 is 0. The third kappa shape index (κ3) is 2.85. The second-order valence-corrected chi connectivity index (χ2v) is 8.44. The first-order chi connectivity index (χ1) is 11.5. The van der Waals surface area contributed by atoms with Crippen molar-refractivity contribution < 1.29 is 0 Å². The molecule has 2 unspecified atom stereocenters. The zero-order valence-electron chi connectivity index (χ0n) is 15.2. The van der Waals surface area contributed by atoms with Crippen LogP contribution in [0, 0.1) is 5.92 Å². The van der Waals surface area contributed by atoms with Gasteiger partial charge in [0.05, 0.1) is 11.4 Å². The fraction of sp³-hybridized carbons (Fsp3) is 0.571. The summed E-state index contributed by atoms with van der Waals surface area (Å²) in [7, 11) is 0. The van der Waals surface area contributed by atoms with Crippen LogP contribution in [-0.2, 0) is 5.41 Å². The van der Waals surface area contributed by atoms with Crippen molar-refractivity contribution in [2.75, 3.05) is 0 Å². The molecule has 126 valence electrons. The van der Waals surface area contributed by atoms with Gasteiger partial charge < -0.3 is 0 Å². The summed E-state index contributed by atoms with van der Waals surface area (Å²) in [6, 6.07) is 4.53. The Balaban J connectivity index is 1.49. The van der Waals surface area contributed by atoms with Crippen LogP contribution in [0.25, 0.3) is 0 Å². The maximum absolute atomic E-state index is 4.80. The van der Waals surface area contributed by atoms with Crippen LogP contribution in [0.1, 0.15) is 87.4 Å². The SMILES string of the molecule is CC(C)c1cnc(C2CC2C(C)(C)c2ccc(C3CC3)cn2)cn1. The minimum atomic E-state index is 0.0884. The topological polar surface area (TPSA) is 38.7 Å². The molecule has 2 aliphatic carbocycles. The third-order valence-corrected chi connectivity index (χ3v) is 5.88. The molecule has 0 saturated heterocycles. The number of pyridine rings is 1. The Kier molecular flexibility index (Phi) is 3.70. The Hall–Kier alpha value is -1.77. The lowest BCUT2D eigenvalue weighted by Crippen LogP contribution is -2.22. The average molecular weight is 321 g/mol. The van der Waals surface area contributed by atoms with Crippen LogP contribution in [-0.4, -0.2) is 15.0 Å². The predicted molar refractivity (Wildman–Crippen MR) is 96.2 cm³/mol. The average Bonchev–Trinajstić information content (AvgIpc) is 3.48. The van der Waals surface area contributed by atoms with E-state index in [1.54, 1.807) is 0 Å². The second kappa shape index (κ2) is 5.65. The lowest BCUT2D eigenvalue weighted by atomic mass is 9.82. The summed E-state index contributed by atoms with van der Waals surface area (Å²) < 4.78 is 0. The standard InChI is InChI=1S/C21H27N3/c1-13(2)18-11-23-19(12-22-18)16-9-17(16)21(3,4)20-8-7-15(10-24-20)14-5-6-14/h7-8,10-14,16-17H,5-6,9H2,1-4H3. The van der Waals surface area contributed by atoms with Crippen LogP contribution in [0.2, 0.25) is 0 Å². The highest BCUT2D eigenvalue weighted by Crippen LogP contribution is 2.56. The van der Waals surface area contributed by atoms with E-state index in [9.17, 15) is 0 Å². The molecule has 2 atom stereocenters. The molecule has 0 bridgehead atoms. The fourth-order valence-corrected chi connectivity index (χ4v) is 3.79. The van der Waals surface area contributed by atoms with Crippen molar-refractivity contribution in [3.8, 4) is 0 Å². The third-order valence-electron chi connectivity index (χ3n) is 5.88. The van der Waals surface area contributed by atoms with Crippen molar-refractivity contribution in [3.63, 3.8) is 0 Å². The molecule has 24 heavy (non-hydrogen) atoms. The van der Waals surface area contributed by atoms with Gasteiger partial charge in [0.15, 0.2) is 0 Å². The highest BCUT2D eigenvalue weighted by molar-refractivity contribution is 5.30. The summed E-state index contributed by atoms with van der Waals surface area (Å²) in [5.74, 6) is 2.35. The van der Waals surface area contributed by atoms with E-state index in [0.29, 0.717) is 17.8 Å². The number of nitrogens with zero attached hydrogens (tertiary/aromatic N) is 3. The van der Waals surface area contributed by atoms with Crippen molar-refractivity contribution in [2.45, 2.75) is 70.1 Å². The van der Waals surface area contributed by atoms with E-state index >= 15 is 0 Å². The van der Waals surface area contributed by atoms with E-state index in [1.807, 2.05) is 12.4 Å². The molecular formula is C21H27N3. The number of hydrogen-bond donors (Lipinski definition) is 0. The first kappa shape index (κ1) is 15.7. The normalized spacial score (nSPS) is 23.5. The molecule has 0 amide bonds. The first-order valence-corrected chi connectivity index (χ1v) is 9.25. The van der Waals surface area contributed by atoms with Gasteiger partial charge in [-0.3, -0.25) is 15.0 Å². The van der Waals surface area contributed by atoms with Crippen LogP contribution in [0.3, 0.4) is 0 Å². The van der Waals surface area contributed by atoms with Gasteiger partial charge in [0, 0.05) is 35.6 Å². The highest BCUT2D eigenvalue weighted by atomic mass is 14.8. The minimum absolute atomic E-state index is 0.0884. The van der Waals surface area contributed by atoms with Gasteiger partial charge >= 0.3 is 0 Å². The zero-order chi connectivity index (χ0) is 16.9. The molecule has 0 radical (unpaired) electrons.